The fraction of sp³-hybridized carbons (Fsp3) is 0.250. The van der Waals surface area contributed by atoms with Crippen LogP contribution in [0.3, 0.4) is 0 Å². The Bertz CT molecular complexity index is 466. The van der Waals surface area contributed by atoms with Gasteiger partial charge in [-0.1, -0.05) is 11.8 Å². The van der Waals surface area contributed by atoms with Crippen molar-refractivity contribution >= 4 is 5.97 Å². The first-order valence-electron chi connectivity index (χ1n) is 4.93. The van der Waals surface area contributed by atoms with E-state index in [0.717, 1.165) is 12.1 Å². The Morgan fingerprint density at radius 1 is 1.28 bits per heavy atom. The fourth-order valence-electron chi connectivity index (χ4n) is 1.07. The van der Waals surface area contributed by atoms with Crippen molar-refractivity contribution in [3.05, 3.63) is 29.8 Å². The van der Waals surface area contributed by atoms with Crippen molar-refractivity contribution < 1.29 is 27.8 Å². The molecule has 0 aliphatic rings. The summed E-state index contributed by atoms with van der Waals surface area (Å²) in [6.07, 6.45) is -4.59. The Morgan fingerprint density at radius 3 is 2.39 bits per heavy atom. The van der Waals surface area contributed by atoms with Gasteiger partial charge in [0.25, 0.3) is 0 Å². The van der Waals surface area contributed by atoms with Crippen LogP contribution in [0.5, 0.6) is 5.75 Å². The molecule has 1 aromatic rings. The highest BCUT2D eigenvalue weighted by molar-refractivity contribution is 5.67. The van der Waals surface area contributed by atoms with Crippen molar-refractivity contribution in [1.29, 1.82) is 0 Å². The van der Waals surface area contributed by atoms with Crippen LogP contribution in [0.1, 0.15) is 18.4 Å². The first-order valence-corrected chi connectivity index (χ1v) is 4.93. The van der Waals surface area contributed by atoms with Gasteiger partial charge in [0.15, 0.2) is 0 Å². The zero-order chi connectivity index (χ0) is 13.6. The molecule has 0 aliphatic carbocycles. The van der Waals surface area contributed by atoms with Gasteiger partial charge in [-0.2, -0.15) is 0 Å². The normalized spacial score (nSPS) is 10.4. The summed E-state index contributed by atoms with van der Waals surface area (Å²) in [4.78, 5) is 10.2. The zero-order valence-electron chi connectivity index (χ0n) is 9.12. The van der Waals surface area contributed by atoms with Crippen molar-refractivity contribution in [2.75, 3.05) is 0 Å². The Balaban J connectivity index is 2.57. The van der Waals surface area contributed by atoms with E-state index in [4.69, 9.17) is 5.11 Å². The van der Waals surface area contributed by atoms with Gasteiger partial charge in [0.2, 0.25) is 0 Å². The van der Waals surface area contributed by atoms with Crippen LogP contribution in [-0.2, 0) is 4.79 Å². The van der Waals surface area contributed by atoms with E-state index in [2.05, 4.69) is 16.6 Å². The van der Waals surface area contributed by atoms with Crippen LogP contribution in [0.2, 0.25) is 0 Å². The molecule has 1 aromatic carbocycles. The monoisotopic (exact) mass is 258 g/mol. The van der Waals surface area contributed by atoms with E-state index < -0.39 is 12.3 Å². The Hall–Kier alpha value is -2.16. The van der Waals surface area contributed by atoms with Gasteiger partial charge in [-0.05, 0) is 24.3 Å². The van der Waals surface area contributed by atoms with E-state index >= 15 is 0 Å². The second-order valence-corrected chi connectivity index (χ2v) is 3.27. The molecular weight excluding hydrogens is 249 g/mol. The van der Waals surface area contributed by atoms with Crippen molar-refractivity contribution in [2.45, 2.75) is 19.2 Å². The molecule has 96 valence electrons. The maximum atomic E-state index is 11.9. The summed E-state index contributed by atoms with van der Waals surface area (Å²) in [5.74, 6) is 3.98. The first kappa shape index (κ1) is 13.9. The lowest BCUT2D eigenvalue weighted by atomic mass is 10.2. The zero-order valence-corrected chi connectivity index (χ0v) is 9.12. The summed E-state index contributed by atoms with van der Waals surface area (Å²) in [5, 5.41) is 8.36. The van der Waals surface area contributed by atoms with E-state index in [1.54, 1.807) is 0 Å². The highest BCUT2D eigenvalue weighted by Crippen LogP contribution is 2.22. The molecule has 0 saturated heterocycles. The highest BCUT2D eigenvalue weighted by Gasteiger charge is 2.30. The largest absolute Gasteiger partial charge is 0.573 e. The van der Waals surface area contributed by atoms with Crippen LogP contribution in [0.4, 0.5) is 13.2 Å². The Labute approximate surface area is 101 Å². The second kappa shape index (κ2) is 5.96. The van der Waals surface area contributed by atoms with Crippen molar-refractivity contribution in [3.8, 4) is 17.6 Å². The summed E-state index contributed by atoms with van der Waals surface area (Å²) < 4.78 is 39.3. The number of carboxylic acids is 1. The lowest BCUT2D eigenvalue weighted by Crippen LogP contribution is -2.16. The van der Waals surface area contributed by atoms with Gasteiger partial charge in [-0.15, -0.1) is 13.2 Å². The third-order valence-corrected chi connectivity index (χ3v) is 1.78. The van der Waals surface area contributed by atoms with Crippen molar-refractivity contribution in [3.63, 3.8) is 0 Å². The van der Waals surface area contributed by atoms with Crippen LogP contribution < -0.4 is 4.74 Å². The molecule has 0 fully saturated rings. The minimum Gasteiger partial charge on any atom is -0.481 e. The smallest absolute Gasteiger partial charge is 0.481 e. The number of hydrogen-bond donors (Lipinski definition) is 1. The first-order chi connectivity index (χ1) is 8.37. The molecule has 3 nitrogen and oxygen atoms in total. The van der Waals surface area contributed by atoms with Gasteiger partial charge in [0.05, 0.1) is 6.42 Å². The van der Waals surface area contributed by atoms with E-state index in [1.807, 2.05) is 0 Å². The molecule has 0 bridgehead atoms. The van der Waals surface area contributed by atoms with E-state index in [0.29, 0.717) is 5.56 Å². The number of ether oxygens (including phenoxy) is 1. The number of halogens is 3. The molecule has 0 radical (unpaired) electrons. The highest BCUT2D eigenvalue weighted by atomic mass is 19.4. The predicted octanol–water partition coefficient (Wildman–Crippen LogP) is 2.80. The van der Waals surface area contributed by atoms with Gasteiger partial charge >= 0.3 is 12.3 Å². The third-order valence-electron chi connectivity index (χ3n) is 1.78. The number of rotatable bonds is 3. The van der Waals surface area contributed by atoms with Gasteiger partial charge in [0, 0.05) is 12.0 Å². The van der Waals surface area contributed by atoms with Crippen molar-refractivity contribution in [2.24, 2.45) is 0 Å². The number of carbonyl (C=O) groups is 1. The fourth-order valence-corrected chi connectivity index (χ4v) is 1.07. The number of carboxylic acid groups (broad SMARTS) is 1. The molecule has 1 rings (SSSR count). The van der Waals surface area contributed by atoms with E-state index in [-0.39, 0.29) is 18.6 Å². The lowest BCUT2D eigenvalue weighted by Gasteiger charge is -2.07. The molecule has 0 atom stereocenters. The minimum absolute atomic E-state index is 0.0672. The molecule has 0 spiro atoms. The number of benzene rings is 1. The summed E-state index contributed by atoms with van der Waals surface area (Å²) >= 11 is 0. The van der Waals surface area contributed by atoms with Crippen molar-refractivity contribution in [1.82, 2.24) is 0 Å². The lowest BCUT2D eigenvalue weighted by molar-refractivity contribution is -0.274. The number of hydrogen-bond acceptors (Lipinski definition) is 2. The minimum atomic E-state index is -4.71. The Kier molecular flexibility index (Phi) is 4.60. The third kappa shape index (κ3) is 5.80. The van der Waals surface area contributed by atoms with Gasteiger partial charge in [-0.3, -0.25) is 4.79 Å². The maximum Gasteiger partial charge on any atom is 0.573 e. The SMILES string of the molecule is O=C(O)CCC#Cc1ccc(OC(F)(F)F)cc1. The molecule has 1 N–H and O–H groups in total. The summed E-state index contributed by atoms with van der Waals surface area (Å²) in [6.45, 7) is 0. The van der Waals surface area contributed by atoms with Gasteiger partial charge < -0.3 is 9.84 Å². The average molecular weight is 258 g/mol. The standard InChI is InChI=1S/C12H9F3O3/c13-12(14,15)18-10-7-5-9(6-8-10)3-1-2-4-11(16)17/h5-8H,2,4H2,(H,16,17). The molecule has 0 amide bonds. The van der Waals surface area contributed by atoms with Gasteiger partial charge in [-0.25, -0.2) is 0 Å². The van der Waals surface area contributed by atoms with E-state index in [1.165, 1.54) is 12.1 Å². The summed E-state index contributed by atoms with van der Waals surface area (Å²) in [7, 11) is 0. The number of aliphatic carboxylic acids is 1. The molecule has 0 aromatic heterocycles. The average Bonchev–Trinajstić information content (AvgIpc) is 2.24. The summed E-state index contributed by atoms with van der Waals surface area (Å²) in [6, 6.07) is 5.03. The molecule has 0 saturated carbocycles. The maximum absolute atomic E-state index is 11.9. The van der Waals surface area contributed by atoms with Crippen LogP contribution in [0, 0.1) is 11.8 Å². The molecule has 18 heavy (non-hydrogen) atoms. The number of alkyl halides is 3. The topological polar surface area (TPSA) is 46.5 Å². The molecular formula is C12H9F3O3. The molecule has 0 heterocycles. The quantitative estimate of drug-likeness (QED) is 0.848. The van der Waals surface area contributed by atoms with Crippen LogP contribution in [0.25, 0.3) is 0 Å². The van der Waals surface area contributed by atoms with Crippen LogP contribution >= 0.6 is 0 Å². The predicted molar refractivity (Wildman–Crippen MR) is 56.9 cm³/mol. The summed E-state index contributed by atoms with van der Waals surface area (Å²) in [5.41, 5.74) is 0.495. The van der Waals surface area contributed by atoms with E-state index in [9.17, 15) is 18.0 Å². The second-order valence-electron chi connectivity index (χ2n) is 3.27. The molecule has 6 heteroatoms. The molecule has 0 unspecified atom stereocenters. The molecule has 0 aliphatic heterocycles. The van der Waals surface area contributed by atoms with Crippen LogP contribution in [0.15, 0.2) is 24.3 Å². The van der Waals surface area contributed by atoms with Gasteiger partial charge in [0.1, 0.15) is 5.75 Å². The van der Waals surface area contributed by atoms with Crippen LogP contribution in [-0.4, -0.2) is 17.4 Å². The Morgan fingerprint density at radius 2 is 1.89 bits per heavy atom.